The second-order valence-electron chi connectivity index (χ2n) is 6.48. The first-order valence-electron chi connectivity index (χ1n) is 8.38. The number of nitrogens with one attached hydrogen (secondary N) is 1. The number of amides is 1. The van der Waals surface area contributed by atoms with Gasteiger partial charge in [-0.25, -0.2) is 0 Å². The molecule has 3 rings (SSSR count). The molecule has 1 fully saturated rings. The van der Waals surface area contributed by atoms with Crippen LogP contribution in [0.3, 0.4) is 0 Å². The van der Waals surface area contributed by atoms with Crippen LogP contribution in [0.1, 0.15) is 50.5 Å². The van der Waals surface area contributed by atoms with Crippen LogP contribution in [0, 0.1) is 5.92 Å². The van der Waals surface area contributed by atoms with E-state index in [9.17, 15) is 4.79 Å². The lowest BCUT2D eigenvalue weighted by Crippen LogP contribution is -2.39. The topological polar surface area (TPSA) is 32.3 Å². The number of piperidine rings is 1. The fourth-order valence-corrected chi connectivity index (χ4v) is 3.76. The van der Waals surface area contributed by atoms with Crippen molar-refractivity contribution in [2.24, 2.45) is 5.92 Å². The number of anilines is 1. The molecule has 1 unspecified atom stereocenters. The summed E-state index contributed by atoms with van der Waals surface area (Å²) >= 11 is 0. The fourth-order valence-electron chi connectivity index (χ4n) is 3.76. The summed E-state index contributed by atoms with van der Waals surface area (Å²) < 4.78 is 0. The lowest BCUT2D eigenvalue weighted by Gasteiger charge is -2.32. The van der Waals surface area contributed by atoms with Crippen molar-refractivity contribution in [3.05, 3.63) is 29.8 Å². The third kappa shape index (κ3) is 3.22. The van der Waals surface area contributed by atoms with E-state index in [1.54, 1.807) is 0 Å². The molecule has 0 spiro atoms. The van der Waals surface area contributed by atoms with Crippen molar-refractivity contribution in [2.45, 2.75) is 44.9 Å². The summed E-state index contributed by atoms with van der Waals surface area (Å²) in [5.41, 5.74) is 2.52. The molecule has 2 heterocycles. The van der Waals surface area contributed by atoms with E-state index in [1.165, 1.54) is 36.9 Å². The van der Waals surface area contributed by atoms with Crippen molar-refractivity contribution in [1.29, 1.82) is 0 Å². The van der Waals surface area contributed by atoms with Crippen molar-refractivity contribution >= 4 is 11.6 Å². The van der Waals surface area contributed by atoms with Gasteiger partial charge in [-0.1, -0.05) is 38.0 Å². The Kier molecular flexibility index (Phi) is 4.47. The average molecular weight is 286 g/mol. The summed E-state index contributed by atoms with van der Waals surface area (Å²) in [4.78, 5) is 14.6. The Morgan fingerprint density at radius 2 is 2.05 bits per heavy atom. The maximum Gasteiger partial charge on any atom is 0.223 e. The molecule has 0 saturated carbocycles. The standard InChI is InChI=1S/C18H26N2O/c1-2-5-14-8-10-20(11-9-14)18(21)12-15-13-19-17-7-4-3-6-16(15)17/h3-4,6-7,14-15,19H,2,5,8-13H2,1H3. The van der Waals surface area contributed by atoms with Gasteiger partial charge in [0.1, 0.15) is 0 Å². The minimum atomic E-state index is 0.341. The van der Waals surface area contributed by atoms with E-state index in [4.69, 9.17) is 0 Å². The Labute approximate surface area is 127 Å². The molecule has 2 aliphatic heterocycles. The van der Waals surface area contributed by atoms with Crippen LogP contribution in [0.2, 0.25) is 0 Å². The van der Waals surface area contributed by atoms with Gasteiger partial charge in [0.15, 0.2) is 0 Å². The predicted molar refractivity (Wildman–Crippen MR) is 86.5 cm³/mol. The van der Waals surface area contributed by atoms with Gasteiger partial charge >= 0.3 is 0 Å². The second kappa shape index (κ2) is 6.50. The fraction of sp³-hybridized carbons (Fsp3) is 0.611. The molecule has 1 amide bonds. The highest BCUT2D eigenvalue weighted by molar-refractivity contribution is 5.78. The van der Waals surface area contributed by atoms with Gasteiger partial charge in [0.25, 0.3) is 0 Å². The lowest BCUT2D eigenvalue weighted by atomic mass is 9.91. The van der Waals surface area contributed by atoms with Gasteiger partial charge < -0.3 is 10.2 Å². The van der Waals surface area contributed by atoms with Crippen molar-refractivity contribution in [3.63, 3.8) is 0 Å². The Balaban J connectivity index is 1.54. The number of carbonyl (C=O) groups excluding carboxylic acids is 1. The van der Waals surface area contributed by atoms with Gasteiger partial charge in [-0.3, -0.25) is 4.79 Å². The van der Waals surface area contributed by atoms with Crippen molar-refractivity contribution in [2.75, 3.05) is 25.0 Å². The number of fused-ring (bicyclic) bond motifs is 1. The maximum atomic E-state index is 12.5. The minimum absolute atomic E-state index is 0.341. The highest BCUT2D eigenvalue weighted by Crippen LogP contribution is 2.34. The van der Waals surface area contributed by atoms with Gasteiger partial charge in [0.2, 0.25) is 5.91 Å². The molecule has 21 heavy (non-hydrogen) atoms. The van der Waals surface area contributed by atoms with Crippen LogP contribution in [0.15, 0.2) is 24.3 Å². The number of para-hydroxylation sites is 1. The molecule has 3 nitrogen and oxygen atoms in total. The first kappa shape index (κ1) is 14.4. The van der Waals surface area contributed by atoms with Crippen LogP contribution in [0.4, 0.5) is 5.69 Å². The summed E-state index contributed by atoms with van der Waals surface area (Å²) in [7, 11) is 0. The van der Waals surface area contributed by atoms with E-state index in [-0.39, 0.29) is 0 Å². The Bertz CT molecular complexity index is 492. The van der Waals surface area contributed by atoms with E-state index in [1.807, 2.05) is 0 Å². The molecular formula is C18H26N2O. The number of rotatable bonds is 4. The first-order valence-corrected chi connectivity index (χ1v) is 8.38. The third-order valence-electron chi connectivity index (χ3n) is 5.02. The first-order chi connectivity index (χ1) is 10.3. The SMILES string of the molecule is CCCC1CCN(C(=O)CC2CNc3ccccc32)CC1. The minimum Gasteiger partial charge on any atom is -0.384 e. The molecule has 0 radical (unpaired) electrons. The number of carbonyl (C=O) groups is 1. The van der Waals surface area contributed by atoms with E-state index >= 15 is 0 Å². The summed E-state index contributed by atoms with van der Waals surface area (Å²) in [6, 6.07) is 8.38. The average Bonchev–Trinajstić information content (AvgIpc) is 2.92. The molecular weight excluding hydrogens is 260 g/mol. The zero-order valence-corrected chi connectivity index (χ0v) is 13.0. The Morgan fingerprint density at radius 3 is 2.81 bits per heavy atom. The maximum absolute atomic E-state index is 12.5. The molecule has 1 aromatic rings. The van der Waals surface area contributed by atoms with Crippen LogP contribution in [-0.2, 0) is 4.79 Å². The molecule has 1 saturated heterocycles. The number of hydrogen-bond donors (Lipinski definition) is 1. The zero-order chi connectivity index (χ0) is 14.7. The molecule has 114 valence electrons. The van der Waals surface area contributed by atoms with Crippen LogP contribution >= 0.6 is 0 Å². The van der Waals surface area contributed by atoms with Crippen molar-refractivity contribution in [1.82, 2.24) is 4.90 Å². The summed E-state index contributed by atoms with van der Waals surface area (Å²) in [5.74, 6) is 1.53. The molecule has 2 aliphatic rings. The molecule has 3 heteroatoms. The molecule has 1 atom stereocenters. The molecule has 1 aromatic carbocycles. The van der Waals surface area contributed by atoms with Crippen molar-refractivity contribution in [3.8, 4) is 0 Å². The Morgan fingerprint density at radius 1 is 1.29 bits per heavy atom. The normalized spacial score (nSPS) is 22.0. The highest BCUT2D eigenvalue weighted by atomic mass is 16.2. The summed E-state index contributed by atoms with van der Waals surface area (Å²) in [6.07, 6.45) is 5.63. The quantitative estimate of drug-likeness (QED) is 0.916. The lowest BCUT2D eigenvalue weighted by molar-refractivity contribution is -0.132. The van der Waals surface area contributed by atoms with Gasteiger partial charge in [-0.05, 0) is 30.4 Å². The number of benzene rings is 1. The largest absolute Gasteiger partial charge is 0.384 e. The van der Waals surface area contributed by atoms with Gasteiger partial charge in [0, 0.05) is 37.7 Å². The smallest absolute Gasteiger partial charge is 0.223 e. The molecule has 0 bridgehead atoms. The van der Waals surface area contributed by atoms with E-state index in [0.29, 0.717) is 18.2 Å². The van der Waals surface area contributed by atoms with Crippen LogP contribution in [0.25, 0.3) is 0 Å². The Hall–Kier alpha value is -1.51. The predicted octanol–water partition coefficient (Wildman–Crippen LogP) is 3.62. The summed E-state index contributed by atoms with van der Waals surface area (Å²) in [6.45, 7) is 5.08. The number of hydrogen-bond acceptors (Lipinski definition) is 2. The number of nitrogens with zero attached hydrogens (tertiary/aromatic N) is 1. The van der Waals surface area contributed by atoms with Gasteiger partial charge in [-0.2, -0.15) is 0 Å². The van der Waals surface area contributed by atoms with Gasteiger partial charge in [0.05, 0.1) is 0 Å². The summed E-state index contributed by atoms with van der Waals surface area (Å²) in [5, 5.41) is 3.41. The van der Waals surface area contributed by atoms with Crippen LogP contribution in [-0.4, -0.2) is 30.4 Å². The third-order valence-corrected chi connectivity index (χ3v) is 5.02. The second-order valence-corrected chi connectivity index (χ2v) is 6.48. The zero-order valence-electron chi connectivity index (χ0n) is 13.0. The van der Waals surface area contributed by atoms with E-state index in [0.717, 1.165) is 25.6 Å². The van der Waals surface area contributed by atoms with E-state index in [2.05, 4.69) is 41.4 Å². The molecule has 0 aliphatic carbocycles. The van der Waals surface area contributed by atoms with Crippen LogP contribution < -0.4 is 5.32 Å². The van der Waals surface area contributed by atoms with Gasteiger partial charge in [-0.15, -0.1) is 0 Å². The van der Waals surface area contributed by atoms with E-state index < -0.39 is 0 Å². The number of likely N-dealkylation sites (tertiary alicyclic amines) is 1. The monoisotopic (exact) mass is 286 g/mol. The molecule has 1 N–H and O–H groups in total. The van der Waals surface area contributed by atoms with Crippen molar-refractivity contribution < 1.29 is 4.79 Å². The molecule has 0 aromatic heterocycles. The van der Waals surface area contributed by atoms with Crippen LogP contribution in [0.5, 0.6) is 0 Å². The highest BCUT2D eigenvalue weighted by Gasteiger charge is 2.28.